The average molecular weight is 549 g/mol. The van der Waals surface area contributed by atoms with E-state index < -0.39 is 38.7 Å². The number of rotatable bonds is 5. The lowest BCUT2D eigenvalue weighted by Gasteiger charge is -2.14. The Morgan fingerprint density at radius 2 is 1.91 bits per heavy atom. The van der Waals surface area contributed by atoms with E-state index in [9.17, 15) is 31.2 Å². The minimum atomic E-state index is -4.66. The number of nitrogens with one attached hydrogen (secondary N) is 1. The van der Waals surface area contributed by atoms with Gasteiger partial charge in [0.15, 0.2) is 0 Å². The SMILES string of the molecule is CS(=O)(=O)NN1C(=O)SC(=Cc2ccc3c(cnn3Cc3ccc(Cl)cc3C(F)(F)F)c2F)C1=O. The third-order valence-electron chi connectivity index (χ3n) is 4.83. The molecule has 2 aromatic carbocycles. The van der Waals surface area contributed by atoms with Gasteiger partial charge in [-0.3, -0.25) is 14.3 Å². The van der Waals surface area contributed by atoms with Crippen LogP contribution in [0.4, 0.5) is 22.4 Å². The van der Waals surface area contributed by atoms with Crippen LogP contribution in [0, 0.1) is 5.82 Å². The van der Waals surface area contributed by atoms with Crippen molar-refractivity contribution in [1.82, 2.24) is 19.6 Å². The third-order valence-corrected chi connectivity index (χ3v) is 6.44. The third kappa shape index (κ3) is 5.19. The normalized spacial score (nSPS) is 16.2. The van der Waals surface area contributed by atoms with E-state index in [4.69, 9.17) is 11.6 Å². The van der Waals surface area contributed by atoms with Crippen LogP contribution in [-0.4, -0.2) is 40.6 Å². The lowest BCUT2D eigenvalue weighted by atomic mass is 10.1. The predicted octanol–water partition coefficient (Wildman–Crippen LogP) is 4.40. The van der Waals surface area contributed by atoms with Crippen LogP contribution in [0.2, 0.25) is 5.02 Å². The smallest absolute Gasteiger partial charge is 0.266 e. The molecular formula is C20H13ClF4N4O4S2. The first-order valence-corrected chi connectivity index (χ1v) is 12.6. The standard InChI is InChI=1S/C20H13ClF4N4O4S2/c1-35(32,33)27-29-18(30)16(34-19(29)31)6-10-3-5-15-13(17(10)22)8-26-28(15)9-11-2-4-12(21)7-14(11)20(23,24)25/h2-8,27H,9H2,1H3. The molecule has 0 bridgehead atoms. The van der Waals surface area contributed by atoms with Gasteiger partial charge in [-0.1, -0.05) is 17.7 Å². The predicted molar refractivity (Wildman–Crippen MR) is 121 cm³/mol. The maximum atomic E-state index is 15.2. The minimum Gasteiger partial charge on any atom is -0.266 e. The second kappa shape index (κ2) is 8.93. The summed E-state index contributed by atoms with van der Waals surface area (Å²) in [6.45, 7) is -0.315. The molecule has 1 fully saturated rings. The van der Waals surface area contributed by atoms with Gasteiger partial charge in [-0.05, 0) is 47.7 Å². The zero-order valence-electron chi connectivity index (χ0n) is 17.4. The molecule has 3 aromatic rings. The Bertz CT molecular complexity index is 1520. The van der Waals surface area contributed by atoms with Gasteiger partial charge in [-0.2, -0.15) is 23.3 Å². The van der Waals surface area contributed by atoms with Gasteiger partial charge in [-0.25, -0.2) is 12.8 Å². The maximum Gasteiger partial charge on any atom is 0.416 e. The van der Waals surface area contributed by atoms with E-state index in [1.54, 1.807) is 4.83 Å². The number of carbonyl (C=O) groups is 2. The quantitative estimate of drug-likeness (QED) is 0.375. The van der Waals surface area contributed by atoms with Crippen molar-refractivity contribution in [2.75, 3.05) is 6.26 Å². The molecule has 184 valence electrons. The molecule has 2 heterocycles. The van der Waals surface area contributed by atoms with Crippen LogP contribution in [0.25, 0.3) is 17.0 Å². The van der Waals surface area contributed by atoms with E-state index in [0.29, 0.717) is 16.8 Å². The van der Waals surface area contributed by atoms with Crippen molar-refractivity contribution in [2.45, 2.75) is 12.7 Å². The molecule has 0 atom stereocenters. The van der Waals surface area contributed by atoms with Gasteiger partial charge in [-0.15, -0.1) is 4.83 Å². The molecule has 0 unspecified atom stereocenters. The monoisotopic (exact) mass is 548 g/mol. The summed E-state index contributed by atoms with van der Waals surface area (Å²) in [5, 5.41) is 3.26. The molecule has 1 aliphatic heterocycles. The summed E-state index contributed by atoms with van der Waals surface area (Å²) in [5.74, 6) is -1.81. The van der Waals surface area contributed by atoms with E-state index in [1.807, 2.05) is 0 Å². The number of fused-ring (bicyclic) bond motifs is 1. The lowest BCUT2D eigenvalue weighted by molar-refractivity contribution is -0.138. The molecule has 1 aromatic heterocycles. The Morgan fingerprint density at radius 3 is 2.57 bits per heavy atom. The van der Waals surface area contributed by atoms with Gasteiger partial charge in [0.1, 0.15) is 5.82 Å². The highest BCUT2D eigenvalue weighted by molar-refractivity contribution is 8.18. The number of benzene rings is 2. The van der Waals surface area contributed by atoms with Crippen LogP contribution in [0.1, 0.15) is 16.7 Å². The van der Waals surface area contributed by atoms with E-state index in [-0.39, 0.29) is 38.5 Å². The highest BCUT2D eigenvalue weighted by Gasteiger charge is 2.37. The number of halogens is 5. The zero-order valence-corrected chi connectivity index (χ0v) is 19.8. The summed E-state index contributed by atoms with van der Waals surface area (Å²) in [6.07, 6.45) is -1.70. The summed E-state index contributed by atoms with van der Waals surface area (Å²) in [4.78, 5) is 25.9. The number of hydrogen-bond donors (Lipinski definition) is 1. The van der Waals surface area contributed by atoms with Crippen LogP contribution < -0.4 is 4.83 Å². The highest BCUT2D eigenvalue weighted by atomic mass is 35.5. The molecule has 15 heteroatoms. The number of aromatic nitrogens is 2. The molecule has 2 amide bonds. The number of hydrogen-bond acceptors (Lipinski definition) is 6. The number of imide groups is 1. The van der Waals surface area contributed by atoms with Crippen molar-refractivity contribution in [3.8, 4) is 0 Å². The summed E-state index contributed by atoms with van der Waals surface area (Å²) < 4.78 is 79.3. The Morgan fingerprint density at radius 1 is 1.20 bits per heavy atom. The fourth-order valence-electron chi connectivity index (χ4n) is 3.34. The van der Waals surface area contributed by atoms with Gasteiger partial charge in [0.05, 0.1) is 40.4 Å². The second-order valence-corrected chi connectivity index (χ2v) is 10.5. The average Bonchev–Trinajstić information content (AvgIpc) is 3.26. The fourth-order valence-corrected chi connectivity index (χ4v) is 4.84. The van der Waals surface area contributed by atoms with E-state index >= 15 is 4.39 Å². The second-order valence-electron chi connectivity index (χ2n) is 7.38. The van der Waals surface area contributed by atoms with Gasteiger partial charge < -0.3 is 0 Å². The van der Waals surface area contributed by atoms with Crippen LogP contribution in [0.5, 0.6) is 0 Å². The van der Waals surface area contributed by atoms with Gasteiger partial charge in [0, 0.05) is 10.6 Å². The Labute approximate surface area is 204 Å². The Balaban J connectivity index is 1.67. The molecule has 4 rings (SSSR count). The number of carbonyl (C=O) groups excluding carboxylic acids is 2. The number of amides is 2. The molecule has 0 saturated carbocycles. The van der Waals surface area contributed by atoms with Gasteiger partial charge in [0.25, 0.3) is 5.91 Å². The molecule has 8 nitrogen and oxygen atoms in total. The van der Waals surface area contributed by atoms with E-state index in [2.05, 4.69) is 5.10 Å². The van der Waals surface area contributed by atoms with Crippen molar-refractivity contribution in [1.29, 1.82) is 0 Å². The van der Waals surface area contributed by atoms with Crippen molar-refractivity contribution in [3.63, 3.8) is 0 Å². The topological polar surface area (TPSA) is 101 Å². The summed E-state index contributed by atoms with van der Waals surface area (Å²) in [7, 11) is -3.91. The number of nitrogens with zero attached hydrogens (tertiary/aromatic N) is 3. The number of hydrazine groups is 1. The van der Waals surface area contributed by atoms with Crippen LogP contribution >= 0.6 is 23.4 Å². The maximum absolute atomic E-state index is 15.2. The first-order valence-electron chi connectivity index (χ1n) is 9.49. The van der Waals surface area contributed by atoms with Crippen molar-refractivity contribution < 1.29 is 35.6 Å². The van der Waals surface area contributed by atoms with Crippen molar-refractivity contribution >= 4 is 61.5 Å². The van der Waals surface area contributed by atoms with Crippen LogP contribution in [-0.2, 0) is 27.5 Å². The first-order chi connectivity index (χ1) is 16.2. The van der Waals surface area contributed by atoms with Gasteiger partial charge in [0.2, 0.25) is 10.0 Å². The number of alkyl halides is 3. The largest absolute Gasteiger partial charge is 0.416 e. The summed E-state index contributed by atoms with van der Waals surface area (Å²) >= 11 is 6.12. The molecule has 1 N–H and O–H groups in total. The van der Waals surface area contributed by atoms with Crippen molar-refractivity contribution in [2.24, 2.45) is 0 Å². The first kappa shape index (κ1) is 25.2. The van der Waals surface area contributed by atoms with Crippen LogP contribution in [0.15, 0.2) is 41.4 Å². The lowest BCUT2D eigenvalue weighted by Crippen LogP contribution is -2.44. The van der Waals surface area contributed by atoms with E-state index in [0.717, 1.165) is 24.6 Å². The molecule has 0 aliphatic carbocycles. The number of thioether (sulfide) groups is 1. The fraction of sp³-hybridized carbons (Fsp3) is 0.150. The molecule has 0 spiro atoms. The highest BCUT2D eigenvalue weighted by Crippen LogP contribution is 2.35. The van der Waals surface area contributed by atoms with Crippen LogP contribution in [0.3, 0.4) is 0 Å². The number of sulfonamides is 1. The molecular weight excluding hydrogens is 536 g/mol. The molecule has 0 radical (unpaired) electrons. The minimum absolute atomic E-state index is 0.0326. The van der Waals surface area contributed by atoms with E-state index in [1.165, 1.54) is 28.9 Å². The Hall–Kier alpha value is -2.94. The Kier molecular flexibility index (Phi) is 6.42. The molecule has 35 heavy (non-hydrogen) atoms. The van der Waals surface area contributed by atoms with Crippen molar-refractivity contribution in [3.05, 3.63) is 69.0 Å². The summed E-state index contributed by atoms with van der Waals surface area (Å²) in [6, 6.07) is 5.99. The summed E-state index contributed by atoms with van der Waals surface area (Å²) in [5.41, 5.74) is -0.980. The van der Waals surface area contributed by atoms with Gasteiger partial charge >= 0.3 is 11.4 Å². The zero-order chi connectivity index (χ0) is 25.7. The molecule has 1 aliphatic rings. The molecule has 1 saturated heterocycles.